The summed E-state index contributed by atoms with van der Waals surface area (Å²) in [6, 6.07) is 0. The van der Waals surface area contributed by atoms with E-state index in [1.807, 2.05) is 0 Å². The van der Waals surface area contributed by atoms with Crippen molar-refractivity contribution in [2.24, 2.45) is 0 Å². The van der Waals surface area contributed by atoms with Gasteiger partial charge in [-0.3, -0.25) is 9.59 Å². The fourth-order valence-electron chi connectivity index (χ4n) is 5.81. The van der Waals surface area contributed by atoms with Gasteiger partial charge in [-0.1, -0.05) is 188 Å². The summed E-state index contributed by atoms with van der Waals surface area (Å²) in [5.74, 6) is -1.58. The van der Waals surface area contributed by atoms with Gasteiger partial charge in [-0.15, -0.1) is 0 Å². The average molecular weight is 653 g/mol. The maximum absolute atomic E-state index is 12.8. The van der Waals surface area contributed by atoms with Crippen LogP contribution in [-0.4, -0.2) is 37.2 Å². The monoisotopic (exact) mass is 653 g/mol. The number of carbonyl (C=O) groups is 3. The van der Waals surface area contributed by atoms with Crippen LogP contribution in [0, 0.1) is 0 Å². The predicted molar refractivity (Wildman–Crippen MR) is 192 cm³/mol. The Morgan fingerprint density at radius 3 is 1.11 bits per heavy atom. The van der Waals surface area contributed by atoms with Crippen molar-refractivity contribution in [3.8, 4) is 0 Å². The van der Waals surface area contributed by atoms with Gasteiger partial charge in [0.1, 0.15) is 0 Å². The van der Waals surface area contributed by atoms with E-state index in [1.54, 1.807) is 0 Å². The van der Waals surface area contributed by atoms with Crippen LogP contribution in [0.2, 0.25) is 0 Å². The second-order valence-electron chi connectivity index (χ2n) is 13.5. The van der Waals surface area contributed by atoms with Gasteiger partial charge in [-0.2, -0.15) is 0 Å². The molecule has 6 heteroatoms. The van der Waals surface area contributed by atoms with Gasteiger partial charge in [-0.05, 0) is 19.3 Å². The molecule has 0 aliphatic heterocycles. The molecule has 0 saturated carbocycles. The van der Waals surface area contributed by atoms with E-state index in [4.69, 9.17) is 14.2 Å². The Bertz CT molecular complexity index is 679. The van der Waals surface area contributed by atoms with Crippen LogP contribution in [-0.2, 0) is 28.6 Å². The van der Waals surface area contributed by atoms with Crippen molar-refractivity contribution in [1.29, 1.82) is 0 Å². The summed E-state index contributed by atoms with van der Waals surface area (Å²) >= 11 is 0. The molecule has 1 atom stereocenters. The lowest BCUT2D eigenvalue weighted by atomic mass is 10.0. The molecule has 0 saturated heterocycles. The van der Waals surface area contributed by atoms with Crippen molar-refractivity contribution in [2.45, 2.75) is 226 Å². The van der Waals surface area contributed by atoms with E-state index in [1.165, 1.54) is 128 Å². The maximum Gasteiger partial charge on any atom is 0.348 e. The summed E-state index contributed by atoms with van der Waals surface area (Å²) in [6.07, 6.45) is 33.3. The third-order valence-electron chi connectivity index (χ3n) is 8.88. The largest absolute Gasteiger partial charge is 0.466 e. The molecule has 0 heterocycles. The molecule has 0 N–H and O–H groups in total. The third kappa shape index (κ3) is 32.4. The minimum atomic E-state index is -1.23. The van der Waals surface area contributed by atoms with Gasteiger partial charge in [0.15, 0.2) is 0 Å². The highest BCUT2D eigenvalue weighted by Crippen LogP contribution is 2.15. The lowest BCUT2D eigenvalue weighted by Crippen LogP contribution is -2.32. The SMILES string of the molecule is CCCCCCCCCCCCCCCC(=O)OC(CC(=O)OCCCCCCCCCC)C(=O)OCCCCCCCCCC. The van der Waals surface area contributed by atoms with E-state index >= 15 is 0 Å². The maximum atomic E-state index is 12.8. The minimum absolute atomic E-state index is 0.257. The van der Waals surface area contributed by atoms with Crippen LogP contribution >= 0.6 is 0 Å². The van der Waals surface area contributed by atoms with E-state index in [0.717, 1.165) is 57.8 Å². The summed E-state index contributed by atoms with van der Waals surface area (Å²) in [5.41, 5.74) is 0. The number of carbonyl (C=O) groups excluding carboxylic acids is 3. The molecule has 0 spiro atoms. The van der Waals surface area contributed by atoms with E-state index in [2.05, 4.69) is 20.8 Å². The first kappa shape index (κ1) is 44.4. The fourth-order valence-corrected chi connectivity index (χ4v) is 5.81. The Morgan fingerprint density at radius 1 is 0.391 bits per heavy atom. The highest BCUT2D eigenvalue weighted by atomic mass is 16.6. The average Bonchev–Trinajstić information content (AvgIpc) is 3.05. The number of unbranched alkanes of at least 4 members (excludes halogenated alkanes) is 26. The van der Waals surface area contributed by atoms with Gasteiger partial charge in [0.2, 0.25) is 6.10 Å². The number of rotatable bonds is 36. The van der Waals surface area contributed by atoms with Crippen LogP contribution in [0.5, 0.6) is 0 Å². The summed E-state index contributed by atoms with van der Waals surface area (Å²) in [7, 11) is 0. The topological polar surface area (TPSA) is 78.9 Å². The first-order valence-corrected chi connectivity index (χ1v) is 20.1. The van der Waals surface area contributed by atoms with Crippen molar-refractivity contribution < 1.29 is 28.6 Å². The van der Waals surface area contributed by atoms with Gasteiger partial charge in [0.25, 0.3) is 0 Å². The number of ether oxygens (including phenoxy) is 3. The molecule has 0 rings (SSSR count). The zero-order chi connectivity index (χ0) is 33.8. The van der Waals surface area contributed by atoms with Crippen LogP contribution in [0.1, 0.15) is 220 Å². The van der Waals surface area contributed by atoms with Crippen molar-refractivity contribution in [3.05, 3.63) is 0 Å². The Hall–Kier alpha value is -1.59. The third-order valence-corrected chi connectivity index (χ3v) is 8.88. The molecule has 0 aliphatic rings. The summed E-state index contributed by atoms with van der Waals surface area (Å²) in [4.78, 5) is 38.0. The lowest BCUT2D eigenvalue weighted by Gasteiger charge is -2.17. The predicted octanol–water partition coefficient (Wildman–Crippen LogP) is 12.1. The summed E-state index contributed by atoms with van der Waals surface area (Å²) in [6.45, 7) is 7.31. The number of hydrogen-bond donors (Lipinski definition) is 0. The van der Waals surface area contributed by atoms with Crippen molar-refractivity contribution >= 4 is 17.9 Å². The lowest BCUT2D eigenvalue weighted by molar-refractivity contribution is -0.172. The molecule has 0 bridgehead atoms. The quantitative estimate of drug-likeness (QED) is 0.0381. The molecule has 0 aromatic carbocycles. The molecule has 1 unspecified atom stereocenters. The molecule has 0 aromatic heterocycles. The molecular weight excluding hydrogens is 576 g/mol. The molecule has 0 aromatic rings. The van der Waals surface area contributed by atoms with E-state index < -0.39 is 24.0 Å². The summed E-state index contributed by atoms with van der Waals surface area (Å²) < 4.78 is 16.3. The van der Waals surface area contributed by atoms with Gasteiger partial charge in [0, 0.05) is 6.42 Å². The van der Waals surface area contributed by atoms with Crippen LogP contribution in [0.3, 0.4) is 0 Å². The van der Waals surface area contributed by atoms with Gasteiger partial charge >= 0.3 is 17.9 Å². The van der Waals surface area contributed by atoms with E-state index in [9.17, 15) is 14.4 Å². The molecule has 0 fully saturated rings. The fraction of sp³-hybridized carbons (Fsp3) is 0.925. The zero-order valence-corrected chi connectivity index (χ0v) is 30.9. The second-order valence-corrected chi connectivity index (χ2v) is 13.5. The van der Waals surface area contributed by atoms with Crippen LogP contribution in [0.4, 0.5) is 0 Å². The molecular formula is C40H76O6. The second kappa shape index (κ2) is 36.2. The highest BCUT2D eigenvalue weighted by molar-refractivity contribution is 5.84. The number of esters is 3. The highest BCUT2D eigenvalue weighted by Gasteiger charge is 2.28. The molecule has 46 heavy (non-hydrogen) atoms. The van der Waals surface area contributed by atoms with Crippen LogP contribution in [0.25, 0.3) is 0 Å². The van der Waals surface area contributed by atoms with Crippen LogP contribution < -0.4 is 0 Å². The van der Waals surface area contributed by atoms with Gasteiger partial charge in [-0.25, -0.2) is 4.79 Å². The first-order valence-electron chi connectivity index (χ1n) is 20.1. The van der Waals surface area contributed by atoms with Gasteiger partial charge in [0.05, 0.1) is 19.6 Å². The standard InChI is InChI=1S/C40H76O6/c1-4-7-10-13-16-19-20-21-22-23-24-27-30-33-38(41)46-37(40(43)45-35-32-29-26-18-15-12-9-6-3)36-39(42)44-34-31-28-25-17-14-11-8-5-2/h37H,4-36H2,1-3H3. The van der Waals surface area contributed by atoms with Gasteiger partial charge < -0.3 is 14.2 Å². The smallest absolute Gasteiger partial charge is 0.348 e. The molecule has 272 valence electrons. The van der Waals surface area contributed by atoms with Crippen molar-refractivity contribution in [2.75, 3.05) is 13.2 Å². The van der Waals surface area contributed by atoms with Crippen molar-refractivity contribution in [1.82, 2.24) is 0 Å². The Balaban J connectivity index is 4.33. The van der Waals surface area contributed by atoms with E-state index in [0.29, 0.717) is 6.61 Å². The van der Waals surface area contributed by atoms with Crippen molar-refractivity contribution in [3.63, 3.8) is 0 Å². The molecule has 0 aliphatic carbocycles. The normalized spacial score (nSPS) is 11.8. The number of hydrogen-bond acceptors (Lipinski definition) is 6. The molecule has 0 amide bonds. The Labute approximate surface area is 285 Å². The summed E-state index contributed by atoms with van der Waals surface area (Å²) in [5, 5.41) is 0. The zero-order valence-electron chi connectivity index (χ0n) is 30.9. The molecule has 6 nitrogen and oxygen atoms in total. The van der Waals surface area contributed by atoms with Crippen LogP contribution in [0.15, 0.2) is 0 Å². The Kier molecular flexibility index (Phi) is 35.0. The van der Waals surface area contributed by atoms with E-state index in [-0.39, 0.29) is 19.4 Å². The first-order chi connectivity index (χ1) is 22.5. The Morgan fingerprint density at radius 2 is 0.717 bits per heavy atom. The molecule has 0 radical (unpaired) electrons. The minimum Gasteiger partial charge on any atom is -0.466 e.